The van der Waals surface area contributed by atoms with Crippen molar-refractivity contribution in [3.63, 3.8) is 0 Å². The number of thioether (sulfide) groups is 1. The zero-order chi connectivity index (χ0) is 24.0. The summed E-state index contributed by atoms with van der Waals surface area (Å²) >= 11 is 7.26. The molecule has 1 heterocycles. The van der Waals surface area contributed by atoms with Crippen LogP contribution in [-0.2, 0) is 17.8 Å². The number of rotatable bonds is 10. The number of non-ortho nitro benzene ring substituents is 1. The predicted molar refractivity (Wildman–Crippen MR) is 126 cm³/mol. The van der Waals surface area contributed by atoms with E-state index in [0.717, 1.165) is 11.4 Å². The van der Waals surface area contributed by atoms with Gasteiger partial charge in [0.1, 0.15) is 5.82 Å². The summed E-state index contributed by atoms with van der Waals surface area (Å²) in [5, 5.41) is 22.9. The first-order valence-electron chi connectivity index (χ1n) is 9.85. The van der Waals surface area contributed by atoms with Gasteiger partial charge in [-0.3, -0.25) is 14.9 Å². The smallest absolute Gasteiger partial charge is 0.271 e. The minimum absolute atomic E-state index is 0.0352. The van der Waals surface area contributed by atoms with E-state index >= 15 is 0 Å². The number of amides is 1. The summed E-state index contributed by atoms with van der Waals surface area (Å²) in [7, 11) is 3.16. The highest BCUT2D eigenvalue weighted by molar-refractivity contribution is 7.99. The summed E-state index contributed by atoms with van der Waals surface area (Å²) in [5.74, 6) is 1.69. The van der Waals surface area contributed by atoms with Crippen LogP contribution in [0.2, 0.25) is 5.02 Å². The maximum absolute atomic E-state index is 12.4. The highest BCUT2D eigenvalue weighted by Crippen LogP contribution is 2.29. The molecule has 1 aromatic heterocycles. The van der Waals surface area contributed by atoms with E-state index in [2.05, 4.69) is 15.5 Å². The van der Waals surface area contributed by atoms with Crippen LogP contribution in [0.3, 0.4) is 0 Å². The molecule has 1 N–H and O–H groups in total. The van der Waals surface area contributed by atoms with Gasteiger partial charge >= 0.3 is 0 Å². The minimum Gasteiger partial charge on any atom is -0.493 e. The van der Waals surface area contributed by atoms with Gasteiger partial charge in [0, 0.05) is 25.1 Å². The van der Waals surface area contributed by atoms with Crippen LogP contribution >= 0.6 is 23.4 Å². The monoisotopic (exact) mass is 491 g/mol. The van der Waals surface area contributed by atoms with Crippen molar-refractivity contribution in [2.75, 3.05) is 25.3 Å². The van der Waals surface area contributed by atoms with Gasteiger partial charge < -0.3 is 19.4 Å². The molecule has 0 aliphatic rings. The van der Waals surface area contributed by atoms with Gasteiger partial charge in [0.25, 0.3) is 5.69 Å². The molecule has 0 saturated heterocycles. The molecule has 0 saturated carbocycles. The van der Waals surface area contributed by atoms with Crippen molar-refractivity contribution in [1.82, 2.24) is 14.8 Å². The molecule has 1 amide bonds. The number of nitro groups is 1. The van der Waals surface area contributed by atoms with E-state index in [1.807, 2.05) is 29.7 Å². The number of carbonyl (C=O) groups is 1. The normalized spacial score (nSPS) is 10.7. The Kier molecular flexibility index (Phi) is 8.12. The molecule has 2 aromatic carbocycles. The molecular weight excluding hydrogens is 470 g/mol. The van der Waals surface area contributed by atoms with Crippen LogP contribution in [0.15, 0.2) is 41.6 Å². The SMILES string of the molecule is CCn1c(Cc2ccc(OC)c(OC)c2)nnc1SCC(=O)Nc1cc([N+](=O)[O-])ccc1Cl. The number of aromatic nitrogens is 3. The lowest BCUT2D eigenvalue weighted by atomic mass is 10.1. The molecule has 0 aliphatic heterocycles. The van der Waals surface area contributed by atoms with Gasteiger partial charge in [0.05, 0.1) is 35.6 Å². The van der Waals surface area contributed by atoms with Crippen LogP contribution in [0.4, 0.5) is 11.4 Å². The van der Waals surface area contributed by atoms with Gasteiger partial charge in [0.2, 0.25) is 5.91 Å². The average molecular weight is 492 g/mol. The molecule has 0 atom stereocenters. The summed E-state index contributed by atoms with van der Waals surface area (Å²) < 4.78 is 12.6. The Morgan fingerprint density at radius 3 is 2.61 bits per heavy atom. The lowest BCUT2D eigenvalue weighted by Gasteiger charge is -2.11. The number of hydrogen-bond donors (Lipinski definition) is 1. The van der Waals surface area contributed by atoms with Crippen molar-refractivity contribution in [2.45, 2.75) is 25.0 Å². The van der Waals surface area contributed by atoms with Gasteiger partial charge in [-0.15, -0.1) is 10.2 Å². The Labute approximate surface area is 199 Å². The first-order chi connectivity index (χ1) is 15.9. The average Bonchev–Trinajstić information content (AvgIpc) is 3.20. The number of nitro benzene ring substituents is 1. The van der Waals surface area contributed by atoms with Crippen LogP contribution in [0.1, 0.15) is 18.3 Å². The summed E-state index contributed by atoms with van der Waals surface area (Å²) in [4.78, 5) is 22.8. The lowest BCUT2D eigenvalue weighted by Crippen LogP contribution is -2.15. The van der Waals surface area contributed by atoms with Crippen molar-refractivity contribution in [1.29, 1.82) is 0 Å². The Morgan fingerprint density at radius 1 is 1.18 bits per heavy atom. The van der Waals surface area contributed by atoms with E-state index < -0.39 is 4.92 Å². The fourth-order valence-corrected chi connectivity index (χ4v) is 4.07. The zero-order valence-corrected chi connectivity index (χ0v) is 19.8. The second kappa shape index (κ2) is 11.0. The first-order valence-corrected chi connectivity index (χ1v) is 11.2. The van der Waals surface area contributed by atoms with Crippen LogP contribution in [-0.4, -0.2) is 45.6 Å². The molecule has 0 unspecified atom stereocenters. The third-order valence-corrected chi connectivity index (χ3v) is 5.98. The van der Waals surface area contributed by atoms with E-state index in [0.29, 0.717) is 29.6 Å². The fraction of sp³-hybridized carbons (Fsp3) is 0.286. The Balaban J connectivity index is 1.68. The number of anilines is 1. The maximum Gasteiger partial charge on any atom is 0.271 e. The first kappa shape index (κ1) is 24.3. The molecule has 3 rings (SSSR count). The number of methoxy groups -OCH3 is 2. The molecule has 0 spiro atoms. The molecule has 33 heavy (non-hydrogen) atoms. The van der Waals surface area contributed by atoms with Gasteiger partial charge in [-0.1, -0.05) is 29.4 Å². The van der Waals surface area contributed by atoms with Crippen molar-refractivity contribution >= 4 is 40.6 Å². The largest absolute Gasteiger partial charge is 0.493 e. The van der Waals surface area contributed by atoms with E-state index in [9.17, 15) is 14.9 Å². The van der Waals surface area contributed by atoms with E-state index in [1.54, 1.807) is 14.2 Å². The third-order valence-electron chi connectivity index (χ3n) is 4.69. The Morgan fingerprint density at radius 2 is 1.94 bits per heavy atom. The Hall–Kier alpha value is -3.31. The second-order valence-corrected chi connectivity index (χ2v) is 8.12. The third kappa shape index (κ3) is 5.93. The standard InChI is InChI=1S/C21H22ClN5O5S/c1-4-26-19(10-13-5-8-17(31-2)18(9-13)32-3)24-25-21(26)33-12-20(28)23-16-11-14(27(29)30)6-7-15(16)22/h5-9,11H,4,10,12H2,1-3H3,(H,23,28). The number of benzene rings is 2. The van der Waals surface area contributed by atoms with Crippen LogP contribution in [0.25, 0.3) is 0 Å². The molecule has 3 aromatic rings. The lowest BCUT2D eigenvalue weighted by molar-refractivity contribution is -0.384. The second-order valence-electron chi connectivity index (χ2n) is 6.77. The maximum atomic E-state index is 12.4. The zero-order valence-electron chi connectivity index (χ0n) is 18.2. The summed E-state index contributed by atoms with van der Waals surface area (Å²) in [6, 6.07) is 9.52. The molecule has 0 fully saturated rings. The Bertz CT molecular complexity index is 1170. The van der Waals surface area contributed by atoms with E-state index in [-0.39, 0.29) is 28.1 Å². The number of nitrogens with one attached hydrogen (secondary N) is 1. The van der Waals surface area contributed by atoms with E-state index in [1.165, 1.54) is 30.0 Å². The highest BCUT2D eigenvalue weighted by atomic mass is 35.5. The van der Waals surface area contributed by atoms with Gasteiger partial charge in [-0.05, 0) is 30.7 Å². The van der Waals surface area contributed by atoms with Gasteiger partial charge in [-0.2, -0.15) is 0 Å². The molecule has 12 heteroatoms. The number of carbonyl (C=O) groups excluding carboxylic acids is 1. The van der Waals surface area contributed by atoms with Crippen molar-refractivity contribution < 1.29 is 19.2 Å². The highest BCUT2D eigenvalue weighted by Gasteiger charge is 2.16. The van der Waals surface area contributed by atoms with Crippen LogP contribution in [0.5, 0.6) is 11.5 Å². The fourth-order valence-electron chi connectivity index (χ4n) is 3.09. The van der Waals surface area contributed by atoms with Crippen molar-refractivity contribution in [2.24, 2.45) is 0 Å². The number of halogens is 1. The molecule has 0 aliphatic carbocycles. The summed E-state index contributed by atoms with van der Waals surface area (Å²) in [5.41, 5.74) is 1.000. The predicted octanol–water partition coefficient (Wildman–Crippen LogP) is 4.20. The molecule has 0 bridgehead atoms. The number of hydrogen-bond acceptors (Lipinski definition) is 8. The summed E-state index contributed by atoms with van der Waals surface area (Å²) in [6.07, 6.45) is 0.525. The number of nitrogens with zero attached hydrogens (tertiary/aromatic N) is 4. The topological polar surface area (TPSA) is 121 Å². The molecular formula is C21H22ClN5O5S. The van der Waals surface area contributed by atoms with Crippen molar-refractivity contribution in [3.05, 3.63) is 62.9 Å². The van der Waals surface area contributed by atoms with Crippen molar-refractivity contribution in [3.8, 4) is 11.5 Å². The number of ether oxygens (including phenoxy) is 2. The van der Waals surface area contributed by atoms with E-state index in [4.69, 9.17) is 21.1 Å². The minimum atomic E-state index is -0.551. The molecule has 174 valence electrons. The van der Waals surface area contributed by atoms with Crippen LogP contribution < -0.4 is 14.8 Å². The molecule has 10 nitrogen and oxygen atoms in total. The van der Waals surface area contributed by atoms with Crippen LogP contribution in [0, 0.1) is 10.1 Å². The van der Waals surface area contributed by atoms with Gasteiger partial charge in [-0.25, -0.2) is 0 Å². The quantitative estimate of drug-likeness (QED) is 0.254. The summed E-state index contributed by atoms with van der Waals surface area (Å²) in [6.45, 7) is 2.59. The van der Waals surface area contributed by atoms with Gasteiger partial charge in [0.15, 0.2) is 16.7 Å². The molecule has 0 radical (unpaired) electrons.